The smallest absolute Gasteiger partial charge is 0.322 e. The minimum Gasteiger partial charge on any atom is -0.497 e. The van der Waals surface area contributed by atoms with Gasteiger partial charge in [0.2, 0.25) is 5.82 Å². The van der Waals surface area contributed by atoms with Crippen molar-refractivity contribution in [3.05, 3.63) is 71.5 Å². The molecule has 0 radical (unpaired) electrons. The van der Waals surface area contributed by atoms with Crippen molar-refractivity contribution in [3.8, 4) is 17.1 Å². The van der Waals surface area contributed by atoms with E-state index in [0.29, 0.717) is 54.6 Å². The molecule has 1 aliphatic heterocycles. The molecule has 2 aromatic carbocycles. The summed E-state index contributed by atoms with van der Waals surface area (Å²) in [7, 11) is 1.59. The molecule has 0 saturated carbocycles. The second kappa shape index (κ2) is 10.5. The number of aromatic nitrogens is 2. The fourth-order valence-electron chi connectivity index (χ4n) is 3.92. The number of amides is 2. The standard InChI is InChI=1S/C25H27FN4O4/c1-4-33-14-6-13-30-16(2)21(22(27-25(30)31)18-7-5-8-20(15-18)32-3)24-28-23(29-34-24)17-9-11-19(26)12-10-17/h5,7-12,15,22H,4,6,13-14H2,1-3H3,(H,27,31). The molecular weight excluding hydrogens is 439 g/mol. The fourth-order valence-corrected chi connectivity index (χ4v) is 3.92. The average molecular weight is 467 g/mol. The van der Waals surface area contributed by atoms with Crippen LogP contribution in [0.15, 0.2) is 58.8 Å². The molecule has 2 amide bonds. The number of halogens is 1. The van der Waals surface area contributed by atoms with Gasteiger partial charge in [-0.15, -0.1) is 0 Å². The molecule has 8 nitrogen and oxygen atoms in total. The Labute approximate surface area is 197 Å². The predicted molar refractivity (Wildman–Crippen MR) is 124 cm³/mol. The van der Waals surface area contributed by atoms with Crippen LogP contribution in [0.2, 0.25) is 0 Å². The summed E-state index contributed by atoms with van der Waals surface area (Å²) in [5.74, 6) is 0.932. The summed E-state index contributed by atoms with van der Waals surface area (Å²) in [6.45, 7) is 5.45. The molecule has 1 aliphatic rings. The Morgan fingerprint density at radius 3 is 2.74 bits per heavy atom. The first-order valence-electron chi connectivity index (χ1n) is 11.1. The minimum absolute atomic E-state index is 0.219. The molecule has 3 aromatic rings. The zero-order chi connectivity index (χ0) is 24.1. The molecule has 0 bridgehead atoms. The van der Waals surface area contributed by atoms with E-state index < -0.39 is 6.04 Å². The molecule has 9 heteroatoms. The lowest BCUT2D eigenvalue weighted by atomic mass is 9.94. The summed E-state index contributed by atoms with van der Waals surface area (Å²) >= 11 is 0. The van der Waals surface area contributed by atoms with E-state index in [-0.39, 0.29) is 17.7 Å². The molecule has 1 N–H and O–H groups in total. The first-order valence-corrected chi connectivity index (χ1v) is 11.1. The summed E-state index contributed by atoms with van der Waals surface area (Å²) < 4.78 is 29.8. The maximum atomic E-state index is 13.3. The first kappa shape index (κ1) is 23.4. The maximum Gasteiger partial charge on any atom is 0.322 e. The third-order valence-corrected chi connectivity index (χ3v) is 5.66. The highest BCUT2D eigenvalue weighted by Crippen LogP contribution is 2.38. The van der Waals surface area contributed by atoms with Gasteiger partial charge in [0.1, 0.15) is 11.6 Å². The lowest BCUT2D eigenvalue weighted by Crippen LogP contribution is -2.46. The molecule has 0 saturated heterocycles. The number of hydrogen-bond donors (Lipinski definition) is 1. The third-order valence-electron chi connectivity index (χ3n) is 5.66. The molecule has 0 fully saturated rings. The van der Waals surface area contributed by atoms with Crippen molar-refractivity contribution < 1.29 is 23.2 Å². The molecule has 0 spiro atoms. The lowest BCUT2D eigenvalue weighted by molar-refractivity contribution is 0.136. The highest BCUT2D eigenvalue weighted by Gasteiger charge is 2.35. The van der Waals surface area contributed by atoms with Crippen molar-refractivity contribution in [1.82, 2.24) is 20.4 Å². The number of nitrogens with zero attached hydrogens (tertiary/aromatic N) is 3. The summed E-state index contributed by atoms with van der Waals surface area (Å²) in [5.41, 5.74) is 2.84. The number of ether oxygens (including phenoxy) is 2. The monoisotopic (exact) mass is 466 g/mol. The van der Waals surface area contributed by atoms with Gasteiger partial charge in [-0.3, -0.25) is 4.90 Å². The second-order valence-electron chi connectivity index (χ2n) is 7.79. The molecular formula is C25H27FN4O4. The van der Waals surface area contributed by atoms with Crippen molar-refractivity contribution in [3.63, 3.8) is 0 Å². The minimum atomic E-state index is -0.521. The van der Waals surface area contributed by atoms with E-state index in [1.807, 2.05) is 38.1 Å². The lowest BCUT2D eigenvalue weighted by Gasteiger charge is -2.35. The molecule has 178 valence electrons. The summed E-state index contributed by atoms with van der Waals surface area (Å²) in [6.07, 6.45) is 0.681. The maximum absolute atomic E-state index is 13.3. The van der Waals surface area contributed by atoms with Gasteiger partial charge in [-0.25, -0.2) is 9.18 Å². The van der Waals surface area contributed by atoms with Crippen molar-refractivity contribution in [2.75, 3.05) is 26.9 Å². The van der Waals surface area contributed by atoms with E-state index in [4.69, 9.17) is 14.0 Å². The van der Waals surface area contributed by atoms with Crippen LogP contribution in [0.3, 0.4) is 0 Å². The molecule has 0 aliphatic carbocycles. The Bertz CT molecular complexity index is 1180. The Morgan fingerprint density at radius 1 is 1.21 bits per heavy atom. The van der Waals surface area contributed by atoms with Gasteiger partial charge in [-0.2, -0.15) is 4.98 Å². The van der Waals surface area contributed by atoms with Crippen LogP contribution in [0.1, 0.15) is 37.8 Å². The Kier molecular flexibility index (Phi) is 7.22. The topological polar surface area (TPSA) is 89.7 Å². The second-order valence-corrected chi connectivity index (χ2v) is 7.79. The first-order chi connectivity index (χ1) is 16.5. The number of carbonyl (C=O) groups excluding carboxylic acids is 1. The van der Waals surface area contributed by atoms with Crippen molar-refractivity contribution in [2.45, 2.75) is 26.3 Å². The van der Waals surface area contributed by atoms with Crippen molar-refractivity contribution >= 4 is 11.6 Å². The zero-order valence-corrected chi connectivity index (χ0v) is 19.4. The number of carbonyl (C=O) groups is 1. The number of methoxy groups -OCH3 is 1. The van der Waals surface area contributed by atoms with Gasteiger partial charge < -0.3 is 19.3 Å². The quantitative estimate of drug-likeness (QED) is 0.455. The molecule has 1 aromatic heterocycles. The van der Waals surface area contributed by atoms with Crippen LogP contribution in [-0.2, 0) is 4.74 Å². The molecule has 1 unspecified atom stereocenters. The number of benzene rings is 2. The number of urea groups is 1. The Morgan fingerprint density at radius 2 is 2.00 bits per heavy atom. The SMILES string of the molecule is CCOCCCN1C(=O)NC(c2cccc(OC)c2)C(c2nc(-c3ccc(F)cc3)no2)=C1C. The van der Waals surface area contributed by atoms with Gasteiger partial charge in [0.15, 0.2) is 0 Å². The molecule has 34 heavy (non-hydrogen) atoms. The summed E-state index contributed by atoms with van der Waals surface area (Å²) in [6, 6.07) is 12.6. The Hall–Kier alpha value is -3.72. The van der Waals surface area contributed by atoms with Crippen LogP contribution >= 0.6 is 0 Å². The van der Waals surface area contributed by atoms with E-state index in [2.05, 4.69) is 15.5 Å². The van der Waals surface area contributed by atoms with Gasteiger partial charge in [0.05, 0.1) is 18.7 Å². The summed E-state index contributed by atoms with van der Waals surface area (Å²) in [5, 5.41) is 7.17. The van der Waals surface area contributed by atoms with E-state index in [1.54, 1.807) is 24.1 Å². The largest absolute Gasteiger partial charge is 0.497 e. The molecule has 1 atom stereocenters. The van der Waals surface area contributed by atoms with Crippen LogP contribution in [0.4, 0.5) is 9.18 Å². The highest BCUT2D eigenvalue weighted by atomic mass is 19.1. The van der Waals surface area contributed by atoms with E-state index >= 15 is 0 Å². The highest BCUT2D eigenvalue weighted by molar-refractivity contribution is 5.87. The van der Waals surface area contributed by atoms with Gasteiger partial charge in [0.25, 0.3) is 5.89 Å². The van der Waals surface area contributed by atoms with Gasteiger partial charge in [0, 0.05) is 31.0 Å². The predicted octanol–water partition coefficient (Wildman–Crippen LogP) is 4.81. The molecule has 4 rings (SSSR count). The van der Waals surface area contributed by atoms with E-state index in [0.717, 1.165) is 5.56 Å². The number of nitrogens with one attached hydrogen (secondary N) is 1. The zero-order valence-electron chi connectivity index (χ0n) is 19.4. The van der Waals surface area contributed by atoms with Gasteiger partial charge in [-0.05, 0) is 62.2 Å². The molecule has 2 heterocycles. The normalized spacial score (nSPS) is 16.1. The van der Waals surface area contributed by atoms with Crippen LogP contribution in [0.5, 0.6) is 5.75 Å². The fraction of sp³-hybridized carbons (Fsp3) is 0.320. The van der Waals surface area contributed by atoms with E-state index in [9.17, 15) is 9.18 Å². The van der Waals surface area contributed by atoms with Gasteiger partial charge >= 0.3 is 6.03 Å². The van der Waals surface area contributed by atoms with Crippen molar-refractivity contribution in [1.29, 1.82) is 0 Å². The van der Waals surface area contributed by atoms with E-state index in [1.165, 1.54) is 12.1 Å². The summed E-state index contributed by atoms with van der Waals surface area (Å²) in [4.78, 5) is 19.3. The number of hydrogen-bond acceptors (Lipinski definition) is 6. The number of rotatable bonds is 9. The Balaban J connectivity index is 1.74. The van der Waals surface area contributed by atoms with Gasteiger partial charge in [-0.1, -0.05) is 17.3 Å². The number of allylic oxidation sites excluding steroid dienone is 1. The van der Waals surface area contributed by atoms with Crippen molar-refractivity contribution in [2.24, 2.45) is 0 Å². The van der Waals surface area contributed by atoms with Crippen LogP contribution in [0, 0.1) is 5.82 Å². The van der Waals surface area contributed by atoms with Crippen LogP contribution in [0.25, 0.3) is 17.0 Å². The van der Waals surface area contributed by atoms with Crippen LogP contribution < -0.4 is 10.1 Å². The van der Waals surface area contributed by atoms with Crippen LogP contribution in [-0.4, -0.2) is 47.9 Å². The third kappa shape index (κ3) is 4.94. The average Bonchev–Trinajstić information content (AvgIpc) is 3.33.